The summed E-state index contributed by atoms with van der Waals surface area (Å²) < 4.78 is 13.7. The molecule has 100 valence electrons. The average molecular weight is 249 g/mol. The quantitative estimate of drug-likeness (QED) is 0.772. The Morgan fingerprint density at radius 1 is 1.33 bits per heavy atom. The highest BCUT2D eigenvalue weighted by atomic mass is 19.1. The van der Waals surface area contributed by atoms with Gasteiger partial charge in [0.2, 0.25) is 0 Å². The maximum atomic E-state index is 13.7. The molecule has 1 nitrogen and oxygen atoms in total. The van der Waals surface area contributed by atoms with Gasteiger partial charge in [0.25, 0.3) is 0 Å². The van der Waals surface area contributed by atoms with E-state index in [1.54, 1.807) is 12.1 Å². The van der Waals surface area contributed by atoms with Gasteiger partial charge in [-0.15, -0.1) is 0 Å². The molecule has 1 aliphatic carbocycles. The molecule has 1 saturated carbocycles. The highest BCUT2D eigenvalue weighted by Gasteiger charge is 2.22. The van der Waals surface area contributed by atoms with Crippen LogP contribution in [0.4, 0.5) is 4.39 Å². The van der Waals surface area contributed by atoms with Crippen LogP contribution in [0.15, 0.2) is 24.3 Å². The van der Waals surface area contributed by atoms with Crippen molar-refractivity contribution in [1.82, 2.24) is 5.32 Å². The predicted octanol–water partition coefficient (Wildman–Crippen LogP) is 3.93. The summed E-state index contributed by atoms with van der Waals surface area (Å²) in [6.45, 7) is 3.21. The molecule has 0 radical (unpaired) electrons. The molecule has 0 aliphatic heterocycles. The van der Waals surface area contributed by atoms with Crippen molar-refractivity contribution >= 4 is 0 Å². The third-order valence-electron chi connectivity index (χ3n) is 3.95. The van der Waals surface area contributed by atoms with E-state index >= 15 is 0 Å². The minimum Gasteiger partial charge on any atom is -0.314 e. The van der Waals surface area contributed by atoms with Crippen LogP contribution in [-0.4, -0.2) is 12.6 Å². The molecular weight excluding hydrogens is 225 g/mol. The molecule has 1 fully saturated rings. The van der Waals surface area contributed by atoms with Gasteiger partial charge in [0, 0.05) is 6.04 Å². The molecule has 1 N–H and O–H groups in total. The monoisotopic (exact) mass is 249 g/mol. The second kappa shape index (κ2) is 6.89. The summed E-state index contributed by atoms with van der Waals surface area (Å²) in [4.78, 5) is 0. The fourth-order valence-electron chi connectivity index (χ4n) is 2.65. The smallest absolute Gasteiger partial charge is 0.126 e. The van der Waals surface area contributed by atoms with Crippen LogP contribution < -0.4 is 5.32 Å². The maximum absolute atomic E-state index is 13.7. The van der Waals surface area contributed by atoms with Crippen LogP contribution in [0, 0.1) is 11.7 Å². The first kappa shape index (κ1) is 13.5. The summed E-state index contributed by atoms with van der Waals surface area (Å²) in [7, 11) is 0. The molecule has 0 bridgehead atoms. The molecule has 1 atom stereocenters. The van der Waals surface area contributed by atoms with Gasteiger partial charge in [0.15, 0.2) is 0 Å². The first-order valence-corrected chi connectivity index (χ1v) is 7.26. The van der Waals surface area contributed by atoms with Gasteiger partial charge >= 0.3 is 0 Å². The Bertz CT molecular complexity index is 360. The fourth-order valence-corrected chi connectivity index (χ4v) is 2.65. The van der Waals surface area contributed by atoms with E-state index in [1.165, 1.54) is 25.7 Å². The van der Waals surface area contributed by atoms with Crippen molar-refractivity contribution < 1.29 is 4.39 Å². The van der Waals surface area contributed by atoms with Crippen molar-refractivity contribution in [2.45, 2.75) is 51.5 Å². The zero-order valence-corrected chi connectivity index (χ0v) is 11.3. The van der Waals surface area contributed by atoms with Gasteiger partial charge in [-0.1, -0.05) is 44.4 Å². The summed E-state index contributed by atoms with van der Waals surface area (Å²) in [5.74, 6) is 0.806. The molecule has 18 heavy (non-hydrogen) atoms. The molecule has 1 aliphatic rings. The Hall–Kier alpha value is -0.890. The van der Waals surface area contributed by atoms with Crippen LogP contribution in [0.3, 0.4) is 0 Å². The van der Waals surface area contributed by atoms with E-state index in [0.29, 0.717) is 6.04 Å². The molecule has 0 saturated heterocycles. The van der Waals surface area contributed by atoms with Crippen molar-refractivity contribution in [1.29, 1.82) is 0 Å². The molecule has 1 unspecified atom stereocenters. The highest BCUT2D eigenvalue weighted by molar-refractivity contribution is 5.18. The standard InChI is InChI=1S/C16H24FN/c1-2-10-18-15(11-13-6-5-7-13)12-14-8-3-4-9-16(14)17/h3-4,8-9,13,15,18H,2,5-7,10-12H2,1H3. The SMILES string of the molecule is CCCNC(Cc1ccccc1F)CC1CCC1. The third kappa shape index (κ3) is 3.81. The average Bonchev–Trinajstić information content (AvgIpc) is 2.33. The Morgan fingerprint density at radius 2 is 2.11 bits per heavy atom. The predicted molar refractivity (Wildman–Crippen MR) is 74.1 cm³/mol. The number of benzene rings is 1. The zero-order chi connectivity index (χ0) is 12.8. The lowest BCUT2D eigenvalue weighted by Gasteiger charge is -2.30. The second-order valence-corrected chi connectivity index (χ2v) is 5.48. The largest absolute Gasteiger partial charge is 0.314 e. The van der Waals surface area contributed by atoms with E-state index < -0.39 is 0 Å². The Balaban J connectivity index is 1.92. The number of halogens is 1. The Kier molecular flexibility index (Phi) is 5.18. The van der Waals surface area contributed by atoms with E-state index in [4.69, 9.17) is 0 Å². The summed E-state index contributed by atoms with van der Waals surface area (Å²) in [5.41, 5.74) is 0.852. The lowest BCUT2D eigenvalue weighted by atomic mass is 9.80. The van der Waals surface area contributed by atoms with Gasteiger partial charge in [-0.05, 0) is 43.4 Å². The minimum atomic E-state index is -0.0607. The molecule has 2 heteroatoms. The van der Waals surface area contributed by atoms with Crippen LogP contribution in [0.5, 0.6) is 0 Å². The van der Waals surface area contributed by atoms with Crippen molar-refractivity contribution in [2.24, 2.45) is 5.92 Å². The van der Waals surface area contributed by atoms with Gasteiger partial charge in [-0.3, -0.25) is 0 Å². The highest BCUT2D eigenvalue weighted by Crippen LogP contribution is 2.31. The molecule has 0 aromatic heterocycles. The topological polar surface area (TPSA) is 12.0 Å². The summed E-state index contributed by atoms with van der Waals surface area (Å²) in [5, 5.41) is 3.58. The van der Waals surface area contributed by atoms with E-state index in [1.807, 2.05) is 12.1 Å². The molecular formula is C16H24FN. The third-order valence-corrected chi connectivity index (χ3v) is 3.95. The van der Waals surface area contributed by atoms with E-state index in [-0.39, 0.29) is 5.82 Å². The molecule has 2 rings (SSSR count). The first-order chi connectivity index (χ1) is 8.79. The summed E-state index contributed by atoms with van der Waals surface area (Å²) >= 11 is 0. The van der Waals surface area contributed by atoms with Crippen LogP contribution >= 0.6 is 0 Å². The zero-order valence-electron chi connectivity index (χ0n) is 11.3. The minimum absolute atomic E-state index is 0.0607. The number of hydrogen-bond donors (Lipinski definition) is 1. The van der Waals surface area contributed by atoms with Gasteiger partial charge < -0.3 is 5.32 Å². The second-order valence-electron chi connectivity index (χ2n) is 5.48. The molecule has 0 amide bonds. The van der Waals surface area contributed by atoms with E-state index in [2.05, 4.69) is 12.2 Å². The van der Waals surface area contributed by atoms with Crippen LogP contribution in [0.25, 0.3) is 0 Å². The number of rotatable bonds is 7. The van der Waals surface area contributed by atoms with Gasteiger partial charge in [0.1, 0.15) is 5.82 Å². The normalized spacial score (nSPS) is 17.4. The van der Waals surface area contributed by atoms with Crippen molar-refractivity contribution in [3.8, 4) is 0 Å². The fraction of sp³-hybridized carbons (Fsp3) is 0.625. The van der Waals surface area contributed by atoms with Crippen LogP contribution in [-0.2, 0) is 6.42 Å². The number of hydrogen-bond acceptors (Lipinski definition) is 1. The van der Waals surface area contributed by atoms with E-state index in [9.17, 15) is 4.39 Å². The van der Waals surface area contributed by atoms with Gasteiger partial charge in [0.05, 0.1) is 0 Å². The molecule has 0 spiro atoms. The Morgan fingerprint density at radius 3 is 2.72 bits per heavy atom. The summed E-state index contributed by atoms with van der Waals surface area (Å²) in [6, 6.07) is 7.61. The molecule has 0 heterocycles. The van der Waals surface area contributed by atoms with Gasteiger partial charge in [-0.25, -0.2) is 4.39 Å². The van der Waals surface area contributed by atoms with Crippen molar-refractivity contribution in [2.75, 3.05) is 6.54 Å². The van der Waals surface area contributed by atoms with E-state index in [0.717, 1.165) is 30.9 Å². The maximum Gasteiger partial charge on any atom is 0.126 e. The van der Waals surface area contributed by atoms with Crippen LogP contribution in [0.2, 0.25) is 0 Å². The molecule has 1 aromatic carbocycles. The van der Waals surface area contributed by atoms with Crippen molar-refractivity contribution in [3.05, 3.63) is 35.6 Å². The van der Waals surface area contributed by atoms with Crippen molar-refractivity contribution in [3.63, 3.8) is 0 Å². The number of nitrogens with one attached hydrogen (secondary N) is 1. The summed E-state index contributed by atoms with van der Waals surface area (Å²) in [6.07, 6.45) is 7.27. The van der Waals surface area contributed by atoms with Gasteiger partial charge in [-0.2, -0.15) is 0 Å². The Labute approximate surface area is 110 Å². The molecule has 1 aromatic rings. The van der Waals surface area contributed by atoms with Crippen LogP contribution in [0.1, 0.15) is 44.6 Å². The first-order valence-electron chi connectivity index (χ1n) is 7.26. The lowest BCUT2D eigenvalue weighted by molar-refractivity contribution is 0.258. The lowest BCUT2D eigenvalue weighted by Crippen LogP contribution is -2.35.